The molecule has 0 aliphatic heterocycles. The van der Waals surface area contributed by atoms with Crippen LogP contribution in [0.15, 0.2) is 53.8 Å². The van der Waals surface area contributed by atoms with Gasteiger partial charge in [-0.2, -0.15) is 0 Å². The summed E-state index contributed by atoms with van der Waals surface area (Å²) in [6.07, 6.45) is 3.32. The zero-order valence-electron chi connectivity index (χ0n) is 13.2. The van der Waals surface area contributed by atoms with E-state index in [0.717, 1.165) is 19.6 Å². The Bertz CT molecular complexity index is 613. The lowest BCUT2D eigenvalue weighted by molar-refractivity contribution is 0.187. The number of benzene rings is 1. The summed E-state index contributed by atoms with van der Waals surface area (Å²) in [7, 11) is 0. The summed E-state index contributed by atoms with van der Waals surface area (Å²) < 4.78 is 2.09. The SMILES string of the molecule is CCNC(=NCC(O)c1ccccc1Cl)NCCn1cccc1. The Morgan fingerprint density at radius 2 is 1.96 bits per heavy atom. The van der Waals surface area contributed by atoms with E-state index in [1.165, 1.54) is 0 Å². The van der Waals surface area contributed by atoms with Gasteiger partial charge >= 0.3 is 0 Å². The molecule has 1 heterocycles. The number of aliphatic imine (C=N–C) groups is 1. The number of aliphatic hydroxyl groups excluding tert-OH is 1. The molecule has 0 saturated heterocycles. The summed E-state index contributed by atoms with van der Waals surface area (Å²) in [6, 6.07) is 11.3. The highest BCUT2D eigenvalue weighted by Gasteiger charge is 2.10. The van der Waals surface area contributed by atoms with Crippen molar-refractivity contribution in [2.24, 2.45) is 4.99 Å². The van der Waals surface area contributed by atoms with Crippen LogP contribution in [-0.2, 0) is 6.54 Å². The van der Waals surface area contributed by atoms with Crippen molar-refractivity contribution >= 4 is 17.6 Å². The quantitative estimate of drug-likeness (QED) is 0.538. The van der Waals surface area contributed by atoms with E-state index in [1.54, 1.807) is 6.07 Å². The minimum absolute atomic E-state index is 0.253. The third-order valence-electron chi connectivity index (χ3n) is 3.36. The molecule has 0 aliphatic rings. The fourth-order valence-corrected chi connectivity index (χ4v) is 2.45. The van der Waals surface area contributed by atoms with Gasteiger partial charge in [-0.15, -0.1) is 0 Å². The van der Waals surface area contributed by atoms with E-state index in [0.29, 0.717) is 16.5 Å². The predicted octanol–water partition coefficient (Wildman–Crippen LogP) is 2.43. The number of aliphatic hydroxyl groups is 1. The number of hydrogen-bond donors (Lipinski definition) is 3. The normalized spacial score (nSPS) is 12.9. The van der Waals surface area contributed by atoms with Gasteiger partial charge in [0, 0.05) is 42.6 Å². The van der Waals surface area contributed by atoms with Crippen LogP contribution in [0.3, 0.4) is 0 Å². The van der Waals surface area contributed by atoms with Gasteiger partial charge in [0.1, 0.15) is 6.10 Å². The molecule has 5 nitrogen and oxygen atoms in total. The molecule has 1 atom stereocenters. The monoisotopic (exact) mass is 334 g/mol. The van der Waals surface area contributed by atoms with E-state index >= 15 is 0 Å². The van der Waals surface area contributed by atoms with Crippen molar-refractivity contribution in [3.63, 3.8) is 0 Å². The molecule has 1 aromatic carbocycles. The minimum atomic E-state index is -0.719. The Kier molecular flexibility index (Phi) is 6.97. The second-order valence-electron chi connectivity index (χ2n) is 5.10. The largest absolute Gasteiger partial charge is 0.386 e. The molecule has 0 bridgehead atoms. The first-order valence-electron chi connectivity index (χ1n) is 7.76. The average molecular weight is 335 g/mol. The molecule has 1 unspecified atom stereocenters. The summed E-state index contributed by atoms with van der Waals surface area (Å²) in [5.74, 6) is 0.686. The predicted molar refractivity (Wildman–Crippen MR) is 94.8 cm³/mol. The number of nitrogens with one attached hydrogen (secondary N) is 2. The van der Waals surface area contributed by atoms with Gasteiger partial charge in [-0.25, -0.2) is 0 Å². The third kappa shape index (κ3) is 5.62. The van der Waals surface area contributed by atoms with Gasteiger partial charge in [0.25, 0.3) is 0 Å². The Morgan fingerprint density at radius 3 is 2.65 bits per heavy atom. The zero-order chi connectivity index (χ0) is 16.5. The van der Waals surface area contributed by atoms with E-state index < -0.39 is 6.10 Å². The second kappa shape index (κ2) is 9.22. The molecule has 0 fully saturated rings. The van der Waals surface area contributed by atoms with Gasteiger partial charge < -0.3 is 20.3 Å². The molecular weight excluding hydrogens is 312 g/mol. The molecule has 0 radical (unpaired) electrons. The molecule has 0 saturated carbocycles. The Balaban J connectivity index is 1.88. The van der Waals surface area contributed by atoms with E-state index in [-0.39, 0.29) is 6.54 Å². The van der Waals surface area contributed by atoms with Crippen LogP contribution in [0.25, 0.3) is 0 Å². The number of guanidine groups is 1. The van der Waals surface area contributed by atoms with Crippen molar-refractivity contribution in [1.29, 1.82) is 0 Å². The fraction of sp³-hybridized carbons (Fsp3) is 0.353. The molecule has 6 heteroatoms. The van der Waals surface area contributed by atoms with Crippen LogP contribution in [0.1, 0.15) is 18.6 Å². The first-order chi connectivity index (χ1) is 11.2. The average Bonchev–Trinajstić information content (AvgIpc) is 3.06. The molecule has 124 valence electrons. The van der Waals surface area contributed by atoms with Crippen LogP contribution in [0.5, 0.6) is 0 Å². The zero-order valence-corrected chi connectivity index (χ0v) is 14.0. The lowest BCUT2D eigenvalue weighted by atomic mass is 10.1. The summed E-state index contributed by atoms with van der Waals surface area (Å²) in [5, 5.41) is 17.2. The standard InChI is InChI=1S/C17H23ClN4O/c1-2-19-17(20-9-12-22-10-5-6-11-22)21-13-16(23)14-7-3-4-8-15(14)18/h3-8,10-11,16,23H,2,9,12-13H2,1H3,(H2,19,20,21). The van der Waals surface area contributed by atoms with E-state index in [2.05, 4.69) is 20.2 Å². The van der Waals surface area contributed by atoms with Crippen LogP contribution in [-0.4, -0.2) is 35.3 Å². The van der Waals surface area contributed by atoms with Crippen molar-refractivity contribution < 1.29 is 5.11 Å². The molecule has 2 aromatic rings. The second-order valence-corrected chi connectivity index (χ2v) is 5.51. The minimum Gasteiger partial charge on any atom is -0.386 e. The number of nitrogens with zero attached hydrogens (tertiary/aromatic N) is 2. The molecule has 1 aromatic heterocycles. The number of aromatic nitrogens is 1. The first-order valence-corrected chi connectivity index (χ1v) is 8.14. The van der Waals surface area contributed by atoms with E-state index in [9.17, 15) is 5.11 Å². The van der Waals surface area contributed by atoms with E-state index in [4.69, 9.17) is 11.6 Å². The molecule has 2 rings (SSSR count). The maximum atomic E-state index is 10.2. The molecule has 0 aliphatic carbocycles. The van der Waals surface area contributed by atoms with Crippen molar-refractivity contribution in [2.75, 3.05) is 19.6 Å². The Labute approximate surface area is 142 Å². The molecule has 0 amide bonds. The van der Waals surface area contributed by atoms with Gasteiger partial charge in [-0.3, -0.25) is 4.99 Å². The highest BCUT2D eigenvalue weighted by atomic mass is 35.5. The summed E-state index contributed by atoms with van der Waals surface area (Å²) in [4.78, 5) is 4.43. The van der Waals surface area contributed by atoms with Crippen molar-refractivity contribution in [3.8, 4) is 0 Å². The lowest BCUT2D eigenvalue weighted by Crippen LogP contribution is -2.39. The molecular formula is C17H23ClN4O. The van der Waals surface area contributed by atoms with Gasteiger partial charge in [-0.1, -0.05) is 29.8 Å². The van der Waals surface area contributed by atoms with Crippen LogP contribution in [0.2, 0.25) is 5.02 Å². The number of rotatable bonds is 7. The van der Waals surface area contributed by atoms with Crippen LogP contribution >= 0.6 is 11.6 Å². The summed E-state index contributed by atoms with van der Waals surface area (Å²) in [5.41, 5.74) is 0.695. The van der Waals surface area contributed by atoms with E-state index in [1.807, 2.05) is 49.6 Å². The van der Waals surface area contributed by atoms with Crippen molar-refractivity contribution in [3.05, 3.63) is 59.4 Å². The number of halogens is 1. The van der Waals surface area contributed by atoms with Crippen molar-refractivity contribution in [2.45, 2.75) is 19.6 Å². The maximum absolute atomic E-state index is 10.2. The highest BCUT2D eigenvalue weighted by Crippen LogP contribution is 2.22. The lowest BCUT2D eigenvalue weighted by Gasteiger charge is -2.14. The van der Waals surface area contributed by atoms with Crippen LogP contribution in [0.4, 0.5) is 0 Å². The third-order valence-corrected chi connectivity index (χ3v) is 3.70. The van der Waals surface area contributed by atoms with Gasteiger partial charge in [0.05, 0.1) is 6.54 Å². The van der Waals surface area contributed by atoms with Crippen LogP contribution in [0, 0.1) is 0 Å². The summed E-state index contributed by atoms with van der Waals surface area (Å²) in [6.45, 7) is 4.63. The molecule has 3 N–H and O–H groups in total. The van der Waals surface area contributed by atoms with Gasteiger partial charge in [0.15, 0.2) is 5.96 Å². The van der Waals surface area contributed by atoms with Crippen molar-refractivity contribution in [1.82, 2.24) is 15.2 Å². The maximum Gasteiger partial charge on any atom is 0.191 e. The Morgan fingerprint density at radius 1 is 1.22 bits per heavy atom. The first kappa shape index (κ1) is 17.4. The fourth-order valence-electron chi connectivity index (χ4n) is 2.19. The Hall–Kier alpha value is -1.98. The highest BCUT2D eigenvalue weighted by molar-refractivity contribution is 6.31. The smallest absolute Gasteiger partial charge is 0.191 e. The molecule has 0 spiro atoms. The summed E-state index contributed by atoms with van der Waals surface area (Å²) >= 11 is 6.09. The topological polar surface area (TPSA) is 61.6 Å². The van der Waals surface area contributed by atoms with Gasteiger partial charge in [-0.05, 0) is 25.1 Å². The number of hydrogen-bond acceptors (Lipinski definition) is 2. The molecule has 23 heavy (non-hydrogen) atoms. The van der Waals surface area contributed by atoms with Crippen LogP contribution < -0.4 is 10.6 Å². The van der Waals surface area contributed by atoms with Gasteiger partial charge in [0.2, 0.25) is 0 Å².